The number of nitrogens with two attached hydrogens (primary N) is 1. The first-order valence-corrected chi connectivity index (χ1v) is 9.69. The molecule has 0 spiro atoms. The van der Waals surface area contributed by atoms with Gasteiger partial charge in [0.15, 0.2) is 0 Å². The van der Waals surface area contributed by atoms with Crippen molar-refractivity contribution in [3.63, 3.8) is 0 Å². The Labute approximate surface area is 139 Å². The molecular weight excluding hydrogens is 346 g/mol. The van der Waals surface area contributed by atoms with E-state index in [-0.39, 0.29) is 10.7 Å². The van der Waals surface area contributed by atoms with E-state index in [4.69, 9.17) is 5.73 Å². The molecule has 4 atom stereocenters. The summed E-state index contributed by atoms with van der Waals surface area (Å²) >= 11 is 3.47. The Hall–Kier alpha value is -0.190. The third-order valence-electron chi connectivity index (χ3n) is 4.76. The van der Waals surface area contributed by atoms with Gasteiger partial charge in [-0.15, -0.1) is 0 Å². The first-order valence-electron chi connectivity index (χ1n) is 7.69. The van der Waals surface area contributed by atoms with Crippen LogP contribution in [0.2, 0.25) is 0 Å². The van der Waals surface area contributed by atoms with E-state index in [1.807, 2.05) is 24.3 Å². The molecule has 0 aliphatic heterocycles. The topological polar surface area (TPSA) is 43.1 Å². The van der Waals surface area contributed by atoms with Crippen molar-refractivity contribution in [1.29, 1.82) is 0 Å². The van der Waals surface area contributed by atoms with E-state index in [0.717, 1.165) is 22.2 Å². The van der Waals surface area contributed by atoms with Crippen LogP contribution in [0.1, 0.15) is 40.0 Å². The fourth-order valence-electron chi connectivity index (χ4n) is 3.28. The van der Waals surface area contributed by atoms with Crippen LogP contribution in [-0.4, -0.2) is 16.0 Å². The summed E-state index contributed by atoms with van der Waals surface area (Å²) < 4.78 is 14.0. The molecule has 2 rings (SSSR count). The Bertz CT molecular complexity index is 512. The Morgan fingerprint density at radius 1 is 1.33 bits per heavy atom. The molecule has 0 aromatic heterocycles. The average Bonchev–Trinajstić information content (AvgIpc) is 2.44. The Morgan fingerprint density at radius 3 is 2.62 bits per heavy atom. The van der Waals surface area contributed by atoms with E-state index in [2.05, 4.69) is 36.7 Å². The number of benzene rings is 1. The second-order valence-corrected chi connectivity index (χ2v) is 9.75. The zero-order chi connectivity index (χ0) is 15.6. The van der Waals surface area contributed by atoms with Gasteiger partial charge < -0.3 is 5.73 Å². The Balaban J connectivity index is 2.23. The van der Waals surface area contributed by atoms with Gasteiger partial charge in [0, 0.05) is 14.6 Å². The predicted molar refractivity (Wildman–Crippen MR) is 93.7 cm³/mol. The lowest BCUT2D eigenvalue weighted by atomic mass is 9.69. The highest BCUT2D eigenvalue weighted by atomic mass is 79.9. The van der Waals surface area contributed by atoms with E-state index < -0.39 is 10.8 Å². The van der Waals surface area contributed by atoms with Gasteiger partial charge in [-0.05, 0) is 61.3 Å². The highest BCUT2D eigenvalue weighted by molar-refractivity contribution is 9.10. The van der Waals surface area contributed by atoms with Crippen LogP contribution in [0, 0.1) is 17.3 Å². The van der Waals surface area contributed by atoms with Gasteiger partial charge in [-0.3, -0.25) is 4.21 Å². The zero-order valence-electron chi connectivity index (χ0n) is 13.1. The maximum Gasteiger partial charge on any atom is 0.0564 e. The summed E-state index contributed by atoms with van der Waals surface area (Å²) in [5.41, 5.74) is 6.23. The van der Waals surface area contributed by atoms with Crippen molar-refractivity contribution in [2.24, 2.45) is 23.0 Å². The number of halogens is 1. The molecule has 4 heteroatoms. The summed E-state index contributed by atoms with van der Waals surface area (Å²) in [4.78, 5) is 0.919. The fraction of sp³-hybridized carbons (Fsp3) is 0.647. The van der Waals surface area contributed by atoms with Crippen LogP contribution >= 0.6 is 15.9 Å². The first-order chi connectivity index (χ1) is 9.82. The van der Waals surface area contributed by atoms with Gasteiger partial charge in [0.25, 0.3) is 0 Å². The maximum atomic E-state index is 13.0. The smallest absolute Gasteiger partial charge is 0.0564 e. The molecule has 1 aliphatic carbocycles. The molecule has 0 heterocycles. The molecule has 118 valence electrons. The lowest BCUT2D eigenvalue weighted by Gasteiger charge is -2.41. The zero-order valence-corrected chi connectivity index (χ0v) is 15.5. The van der Waals surface area contributed by atoms with Crippen molar-refractivity contribution in [2.45, 2.75) is 50.2 Å². The van der Waals surface area contributed by atoms with Crippen LogP contribution < -0.4 is 5.73 Å². The highest BCUT2D eigenvalue weighted by Crippen LogP contribution is 2.42. The lowest BCUT2D eigenvalue weighted by molar-refractivity contribution is 0.156. The quantitative estimate of drug-likeness (QED) is 0.857. The van der Waals surface area contributed by atoms with E-state index in [1.54, 1.807) is 0 Å². The van der Waals surface area contributed by atoms with Crippen molar-refractivity contribution in [2.75, 3.05) is 6.54 Å². The second kappa shape index (κ2) is 6.93. The molecular formula is C17H26BrNOS. The lowest BCUT2D eigenvalue weighted by Crippen LogP contribution is -2.40. The largest absolute Gasteiger partial charge is 0.330 e. The van der Waals surface area contributed by atoms with Crippen molar-refractivity contribution in [1.82, 2.24) is 0 Å². The van der Waals surface area contributed by atoms with Crippen LogP contribution in [0.3, 0.4) is 0 Å². The van der Waals surface area contributed by atoms with Crippen LogP contribution in [0.15, 0.2) is 33.6 Å². The minimum Gasteiger partial charge on any atom is -0.330 e. The first kappa shape index (κ1) is 17.2. The molecule has 21 heavy (non-hydrogen) atoms. The van der Waals surface area contributed by atoms with Crippen LogP contribution in [0.5, 0.6) is 0 Å². The molecule has 1 saturated carbocycles. The summed E-state index contributed by atoms with van der Waals surface area (Å²) in [5, 5.41) is 0.183. The van der Waals surface area contributed by atoms with Gasteiger partial charge in [0.1, 0.15) is 0 Å². The molecule has 0 amide bonds. The normalized spacial score (nSPS) is 28.3. The van der Waals surface area contributed by atoms with E-state index in [9.17, 15) is 4.21 Å². The van der Waals surface area contributed by atoms with Crippen molar-refractivity contribution in [3.05, 3.63) is 28.7 Å². The Kier molecular flexibility index (Phi) is 5.66. The number of rotatable bonds is 3. The SMILES string of the molecule is CC(C)(C)C1CCC(CN)C(S(=O)c2cccc(Br)c2)C1. The third-order valence-corrected chi connectivity index (χ3v) is 7.10. The van der Waals surface area contributed by atoms with E-state index >= 15 is 0 Å². The van der Waals surface area contributed by atoms with Crippen LogP contribution in [-0.2, 0) is 10.8 Å². The van der Waals surface area contributed by atoms with Crippen molar-refractivity contribution >= 4 is 26.7 Å². The van der Waals surface area contributed by atoms with Gasteiger partial charge in [-0.1, -0.05) is 42.8 Å². The van der Waals surface area contributed by atoms with Gasteiger partial charge in [-0.25, -0.2) is 0 Å². The molecule has 0 bridgehead atoms. The van der Waals surface area contributed by atoms with Crippen LogP contribution in [0.25, 0.3) is 0 Å². The van der Waals surface area contributed by atoms with Gasteiger partial charge in [0.2, 0.25) is 0 Å². The van der Waals surface area contributed by atoms with Crippen molar-refractivity contribution in [3.8, 4) is 0 Å². The summed E-state index contributed by atoms with van der Waals surface area (Å²) in [6.07, 6.45) is 3.32. The molecule has 2 nitrogen and oxygen atoms in total. The highest BCUT2D eigenvalue weighted by Gasteiger charge is 2.38. The fourth-order valence-corrected chi connectivity index (χ4v) is 5.64. The molecule has 1 aromatic rings. The molecule has 0 radical (unpaired) electrons. The molecule has 1 fully saturated rings. The average molecular weight is 372 g/mol. The molecule has 4 unspecified atom stereocenters. The number of hydrogen-bond acceptors (Lipinski definition) is 2. The molecule has 1 aromatic carbocycles. The van der Waals surface area contributed by atoms with E-state index in [1.165, 1.54) is 6.42 Å². The summed E-state index contributed by atoms with van der Waals surface area (Å²) in [5.74, 6) is 1.00. The standard InChI is InChI=1S/C17H26BrNOS/c1-17(2,3)13-8-7-12(11-19)16(9-13)21(20)15-6-4-5-14(18)10-15/h4-6,10,12-13,16H,7-9,11,19H2,1-3H3. The third kappa shape index (κ3) is 4.17. The van der Waals surface area contributed by atoms with E-state index in [0.29, 0.717) is 18.4 Å². The van der Waals surface area contributed by atoms with Crippen molar-refractivity contribution < 1.29 is 4.21 Å². The predicted octanol–water partition coefficient (Wildman–Crippen LogP) is 4.35. The minimum absolute atomic E-state index is 0.183. The second-order valence-electron chi connectivity index (χ2n) is 7.17. The molecule has 0 saturated heterocycles. The Morgan fingerprint density at radius 2 is 2.05 bits per heavy atom. The van der Waals surface area contributed by atoms with Crippen LogP contribution in [0.4, 0.5) is 0 Å². The minimum atomic E-state index is -0.976. The van der Waals surface area contributed by atoms with Gasteiger partial charge in [0.05, 0.1) is 10.8 Å². The summed E-state index contributed by atoms with van der Waals surface area (Å²) in [7, 11) is -0.976. The molecule has 1 aliphatic rings. The molecule has 2 N–H and O–H groups in total. The van der Waals surface area contributed by atoms with Gasteiger partial charge in [-0.2, -0.15) is 0 Å². The monoisotopic (exact) mass is 371 g/mol. The number of hydrogen-bond donors (Lipinski definition) is 1. The summed E-state index contributed by atoms with van der Waals surface area (Å²) in [6, 6.07) is 7.87. The maximum absolute atomic E-state index is 13.0. The van der Waals surface area contributed by atoms with Gasteiger partial charge >= 0.3 is 0 Å². The summed E-state index contributed by atoms with van der Waals surface area (Å²) in [6.45, 7) is 7.51.